The van der Waals surface area contributed by atoms with E-state index in [-0.39, 0.29) is 25.0 Å². The number of aromatic carboxylic acids is 2. The minimum absolute atomic E-state index is 0. The number of hydrogen-bond acceptors (Lipinski definition) is 2. The van der Waals surface area contributed by atoms with Crippen LogP contribution in [-0.2, 0) is 19.5 Å². The van der Waals surface area contributed by atoms with Gasteiger partial charge in [-0.15, -0.1) is 0 Å². The van der Waals surface area contributed by atoms with Gasteiger partial charge in [0.1, 0.15) is 0 Å². The molecule has 0 amide bonds. The molecule has 0 aromatic heterocycles. The van der Waals surface area contributed by atoms with Gasteiger partial charge in [-0.05, 0) is 24.3 Å². The van der Waals surface area contributed by atoms with Crippen molar-refractivity contribution in [3.8, 4) is 0 Å². The third-order valence-electron chi connectivity index (χ3n) is 5.90. The Morgan fingerprint density at radius 2 is 0.816 bits per heavy atom. The van der Waals surface area contributed by atoms with Crippen molar-refractivity contribution in [2.45, 2.75) is 110 Å². The predicted molar refractivity (Wildman–Crippen MR) is 155 cm³/mol. The topological polar surface area (TPSA) is 106 Å². The number of carboxylic acids is 2. The van der Waals surface area contributed by atoms with Crippen LogP contribution in [0.5, 0.6) is 0 Å². The van der Waals surface area contributed by atoms with E-state index < -0.39 is 11.9 Å². The fourth-order valence-electron chi connectivity index (χ4n) is 3.71. The van der Waals surface area contributed by atoms with Gasteiger partial charge in [0.15, 0.2) is 0 Å². The molecule has 2 aromatic carbocycles. The van der Waals surface area contributed by atoms with Gasteiger partial charge in [0.2, 0.25) is 0 Å². The number of benzene rings is 2. The maximum absolute atomic E-state index is 10.2. The third-order valence-corrected chi connectivity index (χ3v) is 5.90. The first-order valence-electron chi connectivity index (χ1n) is 13.9. The molecule has 0 fully saturated rings. The summed E-state index contributed by atoms with van der Waals surface area (Å²) in [6.45, 7) is 6.18. The molecule has 0 aliphatic carbocycles. The summed E-state index contributed by atoms with van der Waals surface area (Å²) in [5.74, 6) is -1.76. The van der Waals surface area contributed by atoms with Crippen LogP contribution in [0.3, 0.4) is 0 Å². The Kier molecular flexibility index (Phi) is 33.2. The Morgan fingerprint density at radius 3 is 1.03 bits per heavy atom. The summed E-state index contributed by atoms with van der Waals surface area (Å²) in [5.41, 5.74) is 0.662. The van der Waals surface area contributed by atoms with E-state index in [1.54, 1.807) is 60.7 Å². The van der Waals surface area contributed by atoms with E-state index >= 15 is 0 Å². The molecule has 0 unspecified atom stereocenters. The minimum atomic E-state index is -0.879. The van der Waals surface area contributed by atoms with Crippen molar-refractivity contribution in [1.82, 2.24) is 0 Å². The average molecular weight is 581 g/mol. The summed E-state index contributed by atoms with van der Waals surface area (Å²) in [5, 5.41) is 16.8. The second-order valence-electron chi connectivity index (χ2n) is 9.15. The van der Waals surface area contributed by atoms with Gasteiger partial charge in [0.05, 0.1) is 11.1 Å². The summed E-state index contributed by atoms with van der Waals surface area (Å²) in [7, 11) is 0. The molecular weight excluding hydrogens is 530 g/mol. The molecular formula is C32H51O5Zn-. The second kappa shape index (κ2) is 31.2. The standard InChI is InChI=1S/C18H37.2C7H6O2.H2O.Zn/c1-3-5-7-9-11-13-15-17-18-16-14-12-10-8-6-4-2;2*8-7(9)6-4-2-1-3-5-6;;/h1,3-18H2,2H3;2*1-5H,(H,8,9);1H2;/q-1;;;;. The molecule has 0 saturated carbocycles. The summed E-state index contributed by atoms with van der Waals surface area (Å²) in [6.07, 6.45) is 22.8. The van der Waals surface area contributed by atoms with Crippen molar-refractivity contribution in [3.05, 3.63) is 78.7 Å². The van der Waals surface area contributed by atoms with Crippen molar-refractivity contribution >= 4 is 11.9 Å². The number of carboxylic acid groups (broad SMARTS) is 2. The molecule has 0 radical (unpaired) electrons. The predicted octanol–water partition coefficient (Wildman–Crippen LogP) is 9.02. The quantitative estimate of drug-likeness (QED) is 0.110. The van der Waals surface area contributed by atoms with Crippen LogP contribution < -0.4 is 0 Å². The number of unbranched alkanes of at least 4 members (excludes halogenated alkanes) is 15. The SMILES string of the molecule is O.O=C(O)c1ccccc1.O=C(O)c1ccccc1.[CH2-]CCCCCCCCCCCCCCCCC.[Zn]. The van der Waals surface area contributed by atoms with Crippen molar-refractivity contribution in [2.24, 2.45) is 0 Å². The van der Waals surface area contributed by atoms with Crippen LogP contribution in [0.15, 0.2) is 60.7 Å². The van der Waals surface area contributed by atoms with Crippen molar-refractivity contribution in [3.63, 3.8) is 0 Å². The van der Waals surface area contributed by atoms with E-state index in [1.165, 1.54) is 96.3 Å². The zero-order valence-electron chi connectivity index (χ0n) is 23.7. The summed E-state index contributed by atoms with van der Waals surface area (Å²) in [4.78, 5) is 20.4. The number of carbonyl (C=O) groups is 2. The van der Waals surface area contributed by atoms with Crippen LogP contribution in [0.2, 0.25) is 0 Å². The Hall–Kier alpha value is -2.04. The zero-order valence-corrected chi connectivity index (χ0v) is 26.7. The molecule has 0 aliphatic heterocycles. The van der Waals surface area contributed by atoms with E-state index in [4.69, 9.17) is 10.2 Å². The fourth-order valence-corrected chi connectivity index (χ4v) is 3.71. The fraction of sp³-hybridized carbons (Fsp3) is 0.531. The van der Waals surface area contributed by atoms with E-state index in [0.717, 1.165) is 6.42 Å². The molecule has 0 saturated heterocycles. The first-order valence-corrected chi connectivity index (χ1v) is 13.9. The molecule has 5 nitrogen and oxygen atoms in total. The Balaban J connectivity index is -0.000000515. The van der Waals surface area contributed by atoms with Gasteiger partial charge in [0, 0.05) is 19.5 Å². The van der Waals surface area contributed by atoms with Crippen LogP contribution in [0.4, 0.5) is 0 Å². The normalized spacial score (nSPS) is 9.42. The molecule has 0 aliphatic rings. The van der Waals surface area contributed by atoms with Gasteiger partial charge in [-0.3, -0.25) is 0 Å². The third kappa shape index (κ3) is 27.0. The summed E-state index contributed by atoms with van der Waals surface area (Å²) < 4.78 is 0. The van der Waals surface area contributed by atoms with E-state index in [0.29, 0.717) is 11.1 Å². The van der Waals surface area contributed by atoms with Gasteiger partial charge in [-0.2, -0.15) is 6.42 Å². The van der Waals surface area contributed by atoms with E-state index in [1.807, 2.05) is 0 Å². The Bertz CT molecular complexity index is 687. The van der Waals surface area contributed by atoms with Crippen LogP contribution in [0, 0.1) is 6.92 Å². The molecule has 0 bridgehead atoms. The van der Waals surface area contributed by atoms with Crippen LogP contribution in [0.1, 0.15) is 130 Å². The van der Waals surface area contributed by atoms with Gasteiger partial charge in [-0.1, -0.05) is 140 Å². The Morgan fingerprint density at radius 1 is 0.553 bits per heavy atom. The van der Waals surface area contributed by atoms with Crippen molar-refractivity contribution in [1.29, 1.82) is 0 Å². The molecule has 2 aromatic rings. The van der Waals surface area contributed by atoms with E-state index in [9.17, 15) is 9.59 Å². The largest absolute Gasteiger partial charge is 0.478 e. The number of rotatable bonds is 17. The zero-order chi connectivity index (χ0) is 26.7. The smallest absolute Gasteiger partial charge is 0.335 e. The van der Waals surface area contributed by atoms with E-state index in [2.05, 4.69) is 13.8 Å². The molecule has 212 valence electrons. The van der Waals surface area contributed by atoms with Crippen LogP contribution in [0.25, 0.3) is 0 Å². The van der Waals surface area contributed by atoms with Gasteiger partial charge in [0.25, 0.3) is 0 Å². The average Bonchev–Trinajstić information content (AvgIpc) is 2.90. The molecule has 38 heavy (non-hydrogen) atoms. The van der Waals surface area contributed by atoms with Gasteiger partial charge < -0.3 is 22.6 Å². The summed E-state index contributed by atoms with van der Waals surface area (Å²) >= 11 is 0. The maximum Gasteiger partial charge on any atom is 0.335 e. The van der Waals surface area contributed by atoms with Gasteiger partial charge in [-0.25, -0.2) is 9.59 Å². The van der Waals surface area contributed by atoms with Gasteiger partial charge >= 0.3 is 11.9 Å². The molecule has 0 atom stereocenters. The molecule has 2 rings (SSSR count). The molecule has 6 heteroatoms. The minimum Gasteiger partial charge on any atom is -0.478 e. The molecule has 0 heterocycles. The first-order chi connectivity index (χ1) is 17.5. The first kappa shape index (κ1) is 40.5. The monoisotopic (exact) mass is 579 g/mol. The van der Waals surface area contributed by atoms with Crippen molar-refractivity contribution < 1.29 is 44.8 Å². The molecule has 4 N–H and O–H groups in total. The van der Waals surface area contributed by atoms with Crippen molar-refractivity contribution in [2.75, 3.05) is 0 Å². The maximum atomic E-state index is 10.2. The Labute approximate surface area is 244 Å². The van der Waals surface area contributed by atoms with Crippen LogP contribution in [-0.4, -0.2) is 27.6 Å². The molecule has 0 spiro atoms. The number of hydrogen-bond donors (Lipinski definition) is 2. The second-order valence-corrected chi connectivity index (χ2v) is 9.15. The van der Waals surface area contributed by atoms with Crippen LogP contribution >= 0.6 is 0 Å². The summed E-state index contributed by atoms with van der Waals surface area (Å²) in [6, 6.07) is 16.6.